The Morgan fingerprint density at radius 3 is 1.89 bits per heavy atom. The molecule has 2 aromatic rings. The van der Waals surface area contributed by atoms with Gasteiger partial charge in [0.25, 0.3) is 0 Å². The average molecular weight is 549 g/mol. The van der Waals surface area contributed by atoms with Gasteiger partial charge in [-0.05, 0) is 47.7 Å². The van der Waals surface area contributed by atoms with Crippen molar-refractivity contribution in [1.82, 2.24) is 10.2 Å². The van der Waals surface area contributed by atoms with Gasteiger partial charge in [-0.2, -0.15) is 26.3 Å². The SMILES string of the molecule is CC(C)(C)C1[C@H](c2ccc(F)cc2)[C@@H](NC(=O)Nc2cc(C(F)(F)F)cc(C(F)(F)F)c2)CCN1C(=O)O. The molecule has 1 aliphatic heterocycles. The molecular weight excluding hydrogens is 523 g/mol. The van der Waals surface area contributed by atoms with Crippen molar-refractivity contribution in [2.45, 2.75) is 57.5 Å². The second-order valence-electron chi connectivity index (χ2n) is 10.2. The summed E-state index contributed by atoms with van der Waals surface area (Å²) in [7, 11) is 0. The molecule has 1 aliphatic rings. The maximum absolute atomic E-state index is 13.6. The third-order valence-electron chi connectivity index (χ3n) is 6.34. The lowest BCUT2D eigenvalue weighted by Crippen LogP contribution is -2.60. The zero-order valence-electron chi connectivity index (χ0n) is 20.5. The number of benzene rings is 2. The lowest BCUT2D eigenvalue weighted by molar-refractivity contribution is -0.143. The topological polar surface area (TPSA) is 81.7 Å². The van der Waals surface area contributed by atoms with Crippen LogP contribution < -0.4 is 10.6 Å². The molecule has 3 amide bonds. The van der Waals surface area contributed by atoms with Crippen molar-refractivity contribution >= 4 is 17.8 Å². The van der Waals surface area contributed by atoms with E-state index >= 15 is 0 Å². The molecule has 0 saturated carbocycles. The third kappa shape index (κ3) is 6.67. The molecule has 1 saturated heterocycles. The van der Waals surface area contributed by atoms with Gasteiger partial charge in [-0.1, -0.05) is 32.9 Å². The van der Waals surface area contributed by atoms with E-state index in [4.69, 9.17) is 0 Å². The average Bonchev–Trinajstić information content (AvgIpc) is 2.77. The summed E-state index contributed by atoms with van der Waals surface area (Å²) in [5.74, 6) is -1.25. The summed E-state index contributed by atoms with van der Waals surface area (Å²) in [6, 6.07) is 3.38. The molecule has 0 aliphatic carbocycles. The number of nitrogens with zero attached hydrogens (tertiary/aromatic N) is 1. The standard InChI is InChI=1S/C25H26F7N3O3/c1-23(2,3)20-19(13-4-6-16(26)7-5-13)18(8-9-35(20)22(37)38)34-21(36)33-17-11-14(24(27,28)29)10-15(12-17)25(30,31)32/h4-7,10-12,18-20H,8-9H2,1-3H3,(H,37,38)(H2,33,34,36)/t18-,19+,20?/m0/s1. The molecule has 0 bridgehead atoms. The number of hydrogen-bond donors (Lipinski definition) is 3. The van der Waals surface area contributed by atoms with Gasteiger partial charge in [0.15, 0.2) is 0 Å². The molecule has 3 atom stereocenters. The number of piperidine rings is 1. The highest BCUT2D eigenvalue weighted by molar-refractivity contribution is 5.89. The molecule has 1 unspecified atom stereocenters. The molecule has 0 radical (unpaired) electrons. The van der Waals surface area contributed by atoms with Crippen LogP contribution in [0.15, 0.2) is 42.5 Å². The van der Waals surface area contributed by atoms with Crippen molar-refractivity contribution in [3.63, 3.8) is 0 Å². The number of carbonyl (C=O) groups excluding carboxylic acids is 1. The van der Waals surface area contributed by atoms with Crippen LogP contribution in [0.5, 0.6) is 0 Å². The molecular formula is C25H26F7N3O3. The lowest BCUT2D eigenvalue weighted by Gasteiger charge is -2.50. The van der Waals surface area contributed by atoms with Crippen molar-refractivity contribution in [2.24, 2.45) is 5.41 Å². The van der Waals surface area contributed by atoms with Crippen LogP contribution >= 0.6 is 0 Å². The Bertz CT molecular complexity index is 1140. The van der Waals surface area contributed by atoms with Crippen LogP contribution in [0.1, 0.15) is 49.8 Å². The predicted octanol–water partition coefficient (Wildman–Crippen LogP) is 6.94. The number of hydrogen-bond acceptors (Lipinski definition) is 2. The monoisotopic (exact) mass is 549 g/mol. The van der Waals surface area contributed by atoms with E-state index in [1.165, 1.54) is 29.2 Å². The Morgan fingerprint density at radius 2 is 1.45 bits per heavy atom. The number of halogens is 7. The van der Waals surface area contributed by atoms with Gasteiger partial charge in [0.1, 0.15) is 5.82 Å². The fourth-order valence-electron chi connectivity index (χ4n) is 4.86. The van der Waals surface area contributed by atoms with Crippen molar-refractivity contribution in [2.75, 3.05) is 11.9 Å². The van der Waals surface area contributed by atoms with Crippen LogP contribution in [0.25, 0.3) is 0 Å². The number of nitrogens with one attached hydrogen (secondary N) is 2. The van der Waals surface area contributed by atoms with E-state index in [0.717, 1.165) is 0 Å². The van der Waals surface area contributed by atoms with E-state index in [-0.39, 0.29) is 19.0 Å². The van der Waals surface area contributed by atoms with Crippen LogP contribution in [-0.2, 0) is 12.4 Å². The highest BCUT2D eigenvalue weighted by Crippen LogP contribution is 2.42. The molecule has 6 nitrogen and oxygen atoms in total. The van der Waals surface area contributed by atoms with Gasteiger partial charge in [-0.15, -0.1) is 0 Å². The van der Waals surface area contributed by atoms with E-state index in [2.05, 4.69) is 5.32 Å². The minimum absolute atomic E-state index is 0.00168. The number of amides is 3. The van der Waals surface area contributed by atoms with Crippen molar-refractivity contribution in [3.8, 4) is 0 Å². The van der Waals surface area contributed by atoms with Crippen molar-refractivity contribution < 1.29 is 45.4 Å². The molecule has 2 aromatic carbocycles. The van der Waals surface area contributed by atoms with Gasteiger partial charge in [0.2, 0.25) is 0 Å². The zero-order valence-corrected chi connectivity index (χ0v) is 20.5. The van der Waals surface area contributed by atoms with Gasteiger partial charge >= 0.3 is 24.5 Å². The first-order valence-electron chi connectivity index (χ1n) is 11.5. The van der Waals surface area contributed by atoms with Crippen LogP contribution in [-0.4, -0.2) is 40.8 Å². The molecule has 3 rings (SSSR count). The molecule has 208 valence electrons. The van der Waals surface area contributed by atoms with E-state index in [1.807, 2.05) is 5.32 Å². The van der Waals surface area contributed by atoms with E-state index in [0.29, 0.717) is 17.7 Å². The second kappa shape index (κ2) is 10.3. The Balaban J connectivity index is 1.96. The minimum atomic E-state index is -5.09. The summed E-state index contributed by atoms with van der Waals surface area (Å²) in [5, 5.41) is 14.4. The third-order valence-corrected chi connectivity index (χ3v) is 6.34. The van der Waals surface area contributed by atoms with Crippen LogP contribution in [0.4, 0.5) is 46.0 Å². The zero-order chi connectivity index (χ0) is 28.6. The molecule has 0 aromatic heterocycles. The molecule has 1 fully saturated rings. The molecule has 38 heavy (non-hydrogen) atoms. The maximum atomic E-state index is 13.6. The van der Waals surface area contributed by atoms with Crippen LogP contribution in [0.2, 0.25) is 0 Å². The molecule has 13 heteroatoms. The minimum Gasteiger partial charge on any atom is -0.465 e. The number of likely N-dealkylation sites (tertiary alicyclic amines) is 1. The van der Waals surface area contributed by atoms with Crippen LogP contribution in [0.3, 0.4) is 0 Å². The number of rotatable bonds is 3. The molecule has 3 N–H and O–H groups in total. The van der Waals surface area contributed by atoms with Gasteiger partial charge in [0.05, 0.1) is 11.1 Å². The second-order valence-corrected chi connectivity index (χ2v) is 10.2. The first-order valence-corrected chi connectivity index (χ1v) is 11.5. The van der Waals surface area contributed by atoms with E-state index < -0.39 is 70.5 Å². The number of alkyl halides is 6. The van der Waals surface area contributed by atoms with Crippen molar-refractivity contribution in [1.29, 1.82) is 0 Å². The van der Waals surface area contributed by atoms with Crippen molar-refractivity contribution in [3.05, 3.63) is 65.0 Å². The smallest absolute Gasteiger partial charge is 0.416 e. The fourth-order valence-corrected chi connectivity index (χ4v) is 4.86. The summed E-state index contributed by atoms with van der Waals surface area (Å²) >= 11 is 0. The van der Waals surface area contributed by atoms with Gasteiger partial charge in [-0.25, -0.2) is 14.0 Å². The summed E-state index contributed by atoms with van der Waals surface area (Å²) in [5.41, 5.74) is -4.07. The first kappa shape index (κ1) is 29.1. The Morgan fingerprint density at radius 1 is 0.921 bits per heavy atom. The normalized spacial score (nSPS) is 20.7. The quantitative estimate of drug-likeness (QED) is 0.363. The predicted molar refractivity (Wildman–Crippen MR) is 124 cm³/mol. The summed E-state index contributed by atoms with van der Waals surface area (Å²) in [6.45, 7) is 5.36. The maximum Gasteiger partial charge on any atom is 0.416 e. The Hall–Kier alpha value is -3.51. The van der Waals surface area contributed by atoms with E-state index in [9.17, 15) is 45.4 Å². The number of urea groups is 1. The Labute approximate surface area is 213 Å². The number of carboxylic acid groups (broad SMARTS) is 1. The first-order chi connectivity index (χ1) is 17.4. The summed E-state index contributed by atoms with van der Waals surface area (Å²) in [6.07, 6.45) is -11.3. The van der Waals surface area contributed by atoms with Gasteiger partial charge in [-0.3, -0.25) is 0 Å². The Kier molecular flexibility index (Phi) is 7.90. The highest BCUT2D eigenvalue weighted by atomic mass is 19.4. The summed E-state index contributed by atoms with van der Waals surface area (Å²) < 4.78 is 92.8. The summed E-state index contributed by atoms with van der Waals surface area (Å²) in [4.78, 5) is 26.1. The number of anilines is 1. The van der Waals surface area contributed by atoms with Gasteiger partial charge < -0.3 is 20.6 Å². The largest absolute Gasteiger partial charge is 0.465 e. The fraction of sp³-hybridized carbons (Fsp3) is 0.440. The lowest BCUT2D eigenvalue weighted by atomic mass is 9.69. The highest BCUT2D eigenvalue weighted by Gasteiger charge is 2.47. The van der Waals surface area contributed by atoms with Crippen LogP contribution in [0, 0.1) is 11.2 Å². The van der Waals surface area contributed by atoms with Gasteiger partial charge in [0, 0.05) is 30.2 Å². The molecule has 0 spiro atoms. The number of carbonyl (C=O) groups is 2. The molecule has 1 heterocycles. The van der Waals surface area contributed by atoms with E-state index in [1.54, 1.807) is 20.8 Å².